The lowest BCUT2D eigenvalue weighted by molar-refractivity contribution is 0.179. The Balaban J connectivity index is 2.70. The van der Waals surface area contributed by atoms with Crippen LogP contribution in [0.2, 0.25) is 0 Å². The van der Waals surface area contributed by atoms with E-state index in [1.54, 1.807) is 18.3 Å². The van der Waals surface area contributed by atoms with Gasteiger partial charge in [-0.15, -0.1) is 12.3 Å². The molecule has 0 saturated carbocycles. The molecule has 1 rings (SSSR count). The van der Waals surface area contributed by atoms with Crippen LogP contribution in [0.4, 0.5) is 0 Å². The minimum Gasteiger partial charge on any atom is -0.386 e. The second kappa shape index (κ2) is 3.75. The first kappa shape index (κ1) is 7.77. The molecule has 0 aromatic carbocycles. The van der Waals surface area contributed by atoms with E-state index < -0.39 is 6.10 Å². The molecule has 0 unspecified atom stereocenters. The number of aliphatic hydroxyl groups excluding tert-OH is 1. The second-order valence-corrected chi connectivity index (χ2v) is 2.18. The number of hydrogen-bond donors (Lipinski definition) is 1. The highest BCUT2D eigenvalue weighted by Gasteiger charge is 2.04. The third kappa shape index (κ3) is 2.06. The topological polar surface area (TPSA) is 33.1 Å². The molecule has 0 aliphatic rings. The first-order valence-electron chi connectivity index (χ1n) is 3.37. The SMILES string of the molecule is C#CC[C@@H](O)c1ccccn1. The van der Waals surface area contributed by atoms with E-state index in [4.69, 9.17) is 6.42 Å². The summed E-state index contributed by atoms with van der Waals surface area (Å²) in [6.07, 6.45) is 6.36. The van der Waals surface area contributed by atoms with Crippen LogP contribution in [0.15, 0.2) is 24.4 Å². The van der Waals surface area contributed by atoms with Gasteiger partial charge >= 0.3 is 0 Å². The van der Waals surface area contributed by atoms with Crippen LogP contribution in [-0.4, -0.2) is 10.1 Å². The van der Waals surface area contributed by atoms with Crippen molar-refractivity contribution in [2.24, 2.45) is 0 Å². The van der Waals surface area contributed by atoms with Gasteiger partial charge < -0.3 is 5.11 Å². The van der Waals surface area contributed by atoms with Crippen molar-refractivity contribution in [3.63, 3.8) is 0 Å². The molecular formula is C9H9NO. The van der Waals surface area contributed by atoms with Crippen LogP contribution in [0.25, 0.3) is 0 Å². The lowest BCUT2D eigenvalue weighted by Crippen LogP contribution is -1.97. The van der Waals surface area contributed by atoms with Crippen LogP contribution in [-0.2, 0) is 0 Å². The number of terminal acetylenes is 1. The Morgan fingerprint density at radius 2 is 2.45 bits per heavy atom. The highest BCUT2D eigenvalue weighted by atomic mass is 16.3. The molecule has 0 aliphatic carbocycles. The quantitative estimate of drug-likeness (QED) is 0.636. The fourth-order valence-corrected chi connectivity index (χ4v) is 0.789. The van der Waals surface area contributed by atoms with Crippen molar-refractivity contribution >= 4 is 0 Å². The summed E-state index contributed by atoms with van der Waals surface area (Å²) in [7, 11) is 0. The summed E-state index contributed by atoms with van der Waals surface area (Å²) < 4.78 is 0. The third-order valence-corrected chi connectivity index (χ3v) is 1.34. The monoisotopic (exact) mass is 147 g/mol. The third-order valence-electron chi connectivity index (χ3n) is 1.34. The van der Waals surface area contributed by atoms with E-state index in [1.807, 2.05) is 6.07 Å². The second-order valence-electron chi connectivity index (χ2n) is 2.18. The molecule has 0 bridgehead atoms. The number of hydrogen-bond acceptors (Lipinski definition) is 2. The van der Waals surface area contributed by atoms with E-state index in [0.29, 0.717) is 12.1 Å². The highest BCUT2D eigenvalue weighted by molar-refractivity contribution is 5.08. The summed E-state index contributed by atoms with van der Waals surface area (Å²) in [4.78, 5) is 3.95. The average molecular weight is 147 g/mol. The van der Waals surface area contributed by atoms with E-state index >= 15 is 0 Å². The summed E-state index contributed by atoms with van der Waals surface area (Å²) in [6.45, 7) is 0. The van der Waals surface area contributed by atoms with E-state index in [-0.39, 0.29) is 0 Å². The maximum Gasteiger partial charge on any atom is 0.107 e. The first-order chi connectivity index (χ1) is 5.34. The van der Waals surface area contributed by atoms with Crippen molar-refractivity contribution in [3.8, 4) is 12.3 Å². The van der Waals surface area contributed by atoms with Crippen molar-refractivity contribution in [1.82, 2.24) is 4.98 Å². The van der Waals surface area contributed by atoms with Crippen LogP contribution in [0.3, 0.4) is 0 Å². The zero-order chi connectivity index (χ0) is 8.10. The zero-order valence-electron chi connectivity index (χ0n) is 6.07. The van der Waals surface area contributed by atoms with Gasteiger partial charge in [-0.05, 0) is 12.1 Å². The number of aromatic nitrogens is 1. The van der Waals surface area contributed by atoms with Gasteiger partial charge in [-0.2, -0.15) is 0 Å². The lowest BCUT2D eigenvalue weighted by atomic mass is 10.2. The first-order valence-corrected chi connectivity index (χ1v) is 3.37. The van der Waals surface area contributed by atoms with Gasteiger partial charge in [-0.25, -0.2) is 0 Å². The molecule has 1 heterocycles. The Bertz CT molecular complexity index is 250. The molecule has 0 amide bonds. The van der Waals surface area contributed by atoms with E-state index in [0.717, 1.165) is 0 Å². The summed E-state index contributed by atoms with van der Waals surface area (Å²) in [5, 5.41) is 9.32. The molecule has 2 nitrogen and oxygen atoms in total. The van der Waals surface area contributed by atoms with Crippen LogP contribution < -0.4 is 0 Å². The minimum absolute atomic E-state index is 0.316. The molecule has 2 heteroatoms. The molecule has 0 spiro atoms. The molecule has 0 radical (unpaired) electrons. The van der Waals surface area contributed by atoms with Crippen molar-refractivity contribution in [2.75, 3.05) is 0 Å². The number of aliphatic hydroxyl groups is 1. The summed E-state index contributed by atoms with van der Waals surface area (Å²) in [5.74, 6) is 2.38. The van der Waals surface area contributed by atoms with Gasteiger partial charge in [0.1, 0.15) is 6.10 Å². The Morgan fingerprint density at radius 3 is 3.00 bits per heavy atom. The molecule has 0 aliphatic heterocycles. The normalized spacial score (nSPS) is 12.0. The summed E-state index contributed by atoms with van der Waals surface area (Å²) in [5.41, 5.74) is 0.630. The summed E-state index contributed by atoms with van der Waals surface area (Å²) >= 11 is 0. The Labute approximate surface area is 65.9 Å². The van der Waals surface area contributed by atoms with Crippen LogP contribution in [0.1, 0.15) is 18.2 Å². The van der Waals surface area contributed by atoms with E-state index in [1.165, 1.54) is 0 Å². The smallest absolute Gasteiger partial charge is 0.107 e. The Morgan fingerprint density at radius 1 is 1.64 bits per heavy atom. The lowest BCUT2D eigenvalue weighted by Gasteiger charge is -2.03. The van der Waals surface area contributed by atoms with Crippen LogP contribution in [0.5, 0.6) is 0 Å². The minimum atomic E-state index is -0.624. The van der Waals surface area contributed by atoms with Gasteiger partial charge in [0.15, 0.2) is 0 Å². The molecule has 0 fully saturated rings. The number of nitrogens with zero attached hydrogens (tertiary/aromatic N) is 1. The molecule has 0 saturated heterocycles. The molecular weight excluding hydrogens is 138 g/mol. The van der Waals surface area contributed by atoms with Crippen molar-refractivity contribution in [1.29, 1.82) is 0 Å². The Hall–Kier alpha value is -1.33. The Kier molecular flexibility index (Phi) is 2.65. The van der Waals surface area contributed by atoms with Gasteiger partial charge in [0.25, 0.3) is 0 Å². The molecule has 1 aromatic heterocycles. The largest absolute Gasteiger partial charge is 0.386 e. The van der Waals surface area contributed by atoms with Gasteiger partial charge in [-0.3, -0.25) is 4.98 Å². The average Bonchev–Trinajstić information content (AvgIpc) is 2.07. The van der Waals surface area contributed by atoms with Crippen molar-refractivity contribution in [3.05, 3.63) is 30.1 Å². The van der Waals surface area contributed by atoms with Crippen molar-refractivity contribution < 1.29 is 5.11 Å². The van der Waals surface area contributed by atoms with Gasteiger partial charge in [-0.1, -0.05) is 6.07 Å². The van der Waals surface area contributed by atoms with Crippen LogP contribution >= 0.6 is 0 Å². The van der Waals surface area contributed by atoms with Gasteiger partial charge in [0.05, 0.1) is 5.69 Å². The van der Waals surface area contributed by atoms with E-state index in [9.17, 15) is 5.11 Å². The van der Waals surface area contributed by atoms with Crippen LogP contribution in [0, 0.1) is 12.3 Å². The van der Waals surface area contributed by atoms with Crippen molar-refractivity contribution in [2.45, 2.75) is 12.5 Å². The maximum absolute atomic E-state index is 9.32. The zero-order valence-corrected chi connectivity index (χ0v) is 6.07. The fraction of sp³-hybridized carbons (Fsp3) is 0.222. The standard InChI is InChI=1S/C9H9NO/c1-2-5-9(11)8-6-3-4-7-10-8/h1,3-4,6-7,9,11H,5H2/t9-/m1/s1. The summed E-state index contributed by atoms with van der Waals surface area (Å²) in [6, 6.07) is 5.37. The van der Waals surface area contributed by atoms with Gasteiger partial charge in [0.2, 0.25) is 0 Å². The molecule has 1 atom stereocenters. The predicted molar refractivity (Wildman–Crippen MR) is 42.6 cm³/mol. The molecule has 11 heavy (non-hydrogen) atoms. The highest BCUT2D eigenvalue weighted by Crippen LogP contribution is 2.11. The fourth-order valence-electron chi connectivity index (χ4n) is 0.789. The van der Waals surface area contributed by atoms with Gasteiger partial charge in [0, 0.05) is 12.6 Å². The molecule has 1 N–H and O–H groups in total. The predicted octanol–water partition coefficient (Wildman–Crippen LogP) is 1.14. The molecule has 56 valence electrons. The number of rotatable bonds is 2. The maximum atomic E-state index is 9.32. The van der Waals surface area contributed by atoms with E-state index in [2.05, 4.69) is 10.9 Å². The number of pyridine rings is 1. The molecule has 1 aromatic rings.